The van der Waals surface area contributed by atoms with E-state index >= 15 is 0 Å². The van der Waals surface area contributed by atoms with Crippen LogP contribution in [-0.4, -0.2) is 48.4 Å². The van der Waals surface area contributed by atoms with Crippen LogP contribution in [0.15, 0.2) is 54.7 Å². The molecule has 1 saturated carbocycles. The van der Waals surface area contributed by atoms with E-state index in [1.54, 1.807) is 37.2 Å². The van der Waals surface area contributed by atoms with Gasteiger partial charge in [0.2, 0.25) is 5.91 Å². The maximum Gasteiger partial charge on any atom is 0.255 e. The van der Waals surface area contributed by atoms with Crippen LogP contribution in [0.4, 0.5) is 0 Å². The summed E-state index contributed by atoms with van der Waals surface area (Å²) in [7, 11) is 3.11. The quantitative estimate of drug-likeness (QED) is 0.584. The molecular formula is C23H24N4O4. The molecular weight excluding hydrogens is 396 g/mol. The van der Waals surface area contributed by atoms with Gasteiger partial charge in [0.05, 0.1) is 32.0 Å². The molecule has 2 N–H and O–H groups in total. The maximum absolute atomic E-state index is 13.0. The summed E-state index contributed by atoms with van der Waals surface area (Å²) in [6, 6.07) is 15.1. The number of amides is 2. The Morgan fingerprint density at radius 3 is 2.48 bits per heavy atom. The number of para-hydroxylation sites is 1. The van der Waals surface area contributed by atoms with Gasteiger partial charge < -0.3 is 20.1 Å². The molecule has 160 valence electrons. The number of benzene rings is 2. The zero-order chi connectivity index (χ0) is 21.8. The van der Waals surface area contributed by atoms with Gasteiger partial charge in [-0.3, -0.25) is 9.59 Å². The SMILES string of the molecule is COc1ccc(-c2nn(-c3ccccc3)cc2C(=O)NCC(=O)NC2CC2)cc1OC. The molecule has 1 aliphatic rings. The van der Waals surface area contributed by atoms with E-state index in [0.717, 1.165) is 18.5 Å². The lowest BCUT2D eigenvalue weighted by Gasteiger charge is -2.10. The highest BCUT2D eigenvalue weighted by molar-refractivity contribution is 6.01. The van der Waals surface area contributed by atoms with Crippen LogP contribution >= 0.6 is 0 Å². The predicted octanol–water partition coefficient (Wildman–Crippen LogP) is 2.56. The van der Waals surface area contributed by atoms with Crippen LogP contribution in [0.5, 0.6) is 11.5 Å². The van der Waals surface area contributed by atoms with Crippen molar-refractivity contribution in [3.8, 4) is 28.4 Å². The number of nitrogens with one attached hydrogen (secondary N) is 2. The number of hydrogen-bond donors (Lipinski definition) is 2. The minimum atomic E-state index is -0.377. The second-order valence-electron chi connectivity index (χ2n) is 7.27. The monoisotopic (exact) mass is 420 g/mol. The van der Waals surface area contributed by atoms with E-state index in [2.05, 4.69) is 15.7 Å². The fourth-order valence-electron chi connectivity index (χ4n) is 3.21. The van der Waals surface area contributed by atoms with Crippen molar-refractivity contribution in [3.63, 3.8) is 0 Å². The highest BCUT2D eigenvalue weighted by atomic mass is 16.5. The number of aromatic nitrogens is 2. The second kappa shape index (κ2) is 8.91. The van der Waals surface area contributed by atoms with E-state index in [0.29, 0.717) is 28.3 Å². The molecule has 1 aromatic heterocycles. The lowest BCUT2D eigenvalue weighted by molar-refractivity contribution is -0.120. The molecule has 31 heavy (non-hydrogen) atoms. The van der Waals surface area contributed by atoms with Crippen LogP contribution in [0.2, 0.25) is 0 Å². The number of carbonyl (C=O) groups is 2. The number of rotatable bonds is 8. The molecule has 0 aliphatic heterocycles. The van der Waals surface area contributed by atoms with Crippen LogP contribution in [-0.2, 0) is 4.79 Å². The fraction of sp³-hybridized carbons (Fsp3) is 0.261. The predicted molar refractivity (Wildman–Crippen MR) is 116 cm³/mol. The Morgan fingerprint density at radius 1 is 1.06 bits per heavy atom. The number of hydrogen-bond acceptors (Lipinski definition) is 5. The molecule has 0 unspecified atom stereocenters. The Labute approximate surface area is 180 Å². The average molecular weight is 420 g/mol. The molecule has 0 radical (unpaired) electrons. The summed E-state index contributed by atoms with van der Waals surface area (Å²) in [6.45, 7) is -0.0861. The summed E-state index contributed by atoms with van der Waals surface area (Å²) in [5.74, 6) is 0.540. The van der Waals surface area contributed by atoms with Gasteiger partial charge in [0, 0.05) is 17.8 Å². The molecule has 1 aliphatic carbocycles. The van der Waals surface area contributed by atoms with Crippen LogP contribution in [0.25, 0.3) is 16.9 Å². The normalized spacial score (nSPS) is 12.8. The standard InChI is InChI=1S/C23H24N4O4/c1-30-19-11-8-15(12-20(19)31-2)22-18(14-27(26-22)17-6-4-3-5-7-17)23(29)24-13-21(28)25-16-9-10-16/h3-8,11-12,14,16H,9-10,13H2,1-2H3,(H,24,29)(H,25,28). The van der Waals surface area contributed by atoms with E-state index in [9.17, 15) is 9.59 Å². The van der Waals surface area contributed by atoms with E-state index in [-0.39, 0.29) is 24.4 Å². The van der Waals surface area contributed by atoms with Crippen molar-refractivity contribution >= 4 is 11.8 Å². The van der Waals surface area contributed by atoms with Gasteiger partial charge in [0.1, 0.15) is 5.69 Å². The highest BCUT2D eigenvalue weighted by Gasteiger charge is 2.24. The Kier molecular flexibility index (Phi) is 5.88. The van der Waals surface area contributed by atoms with Gasteiger partial charge in [-0.25, -0.2) is 4.68 Å². The first-order valence-electron chi connectivity index (χ1n) is 10.0. The molecule has 0 bridgehead atoms. The van der Waals surface area contributed by atoms with E-state index in [1.807, 2.05) is 36.4 Å². The Bertz CT molecular complexity index is 1090. The second-order valence-corrected chi connectivity index (χ2v) is 7.27. The van der Waals surface area contributed by atoms with Crippen LogP contribution in [0, 0.1) is 0 Å². The molecule has 8 nitrogen and oxygen atoms in total. The lowest BCUT2D eigenvalue weighted by atomic mass is 10.1. The minimum Gasteiger partial charge on any atom is -0.493 e. The Hall–Kier alpha value is -3.81. The zero-order valence-corrected chi connectivity index (χ0v) is 17.4. The van der Waals surface area contributed by atoms with Gasteiger partial charge >= 0.3 is 0 Å². The van der Waals surface area contributed by atoms with Crippen LogP contribution in [0.1, 0.15) is 23.2 Å². The van der Waals surface area contributed by atoms with Crippen molar-refractivity contribution in [2.45, 2.75) is 18.9 Å². The van der Waals surface area contributed by atoms with Gasteiger partial charge in [-0.15, -0.1) is 0 Å². The molecule has 1 heterocycles. The maximum atomic E-state index is 13.0. The van der Waals surface area contributed by atoms with Crippen molar-refractivity contribution < 1.29 is 19.1 Å². The van der Waals surface area contributed by atoms with Gasteiger partial charge in [-0.2, -0.15) is 5.10 Å². The van der Waals surface area contributed by atoms with E-state index in [1.165, 1.54) is 0 Å². The largest absolute Gasteiger partial charge is 0.493 e. The van der Waals surface area contributed by atoms with E-state index < -0.39 is 0 Å². The average Bonchev–Trinajstić information content (AvgIpc) is 3.50. The molecule has 4 rings (SSSR count). The molecule has 8 heteroatoms. The molecule has 2 aromatic carbocycles. The molecule has 0 atom stereocenters. The Balaban J connectivity index is 1.66. The fourth-order valence-corrected chi connectivity index (χ4v) is 3.21. The highest BCUT2D eigenvalue weighted by Crippen LogP contribution is 2.33. The van der Waals surface area contributed by atoms with Crippen molar-refractivity contribution in [1.82, 2.24) is 20.4 Å². The van der Waals surface area contributed by atoms with Gasteiger partial charge in [-0.05, 0) is 43.2 Å². The summed E-state index contributed by atoms with van der Waals surface area (Å²) >= 11 is 0. The number of nitrogens with zero attached hydrogens (tertiary/aromatic N) is 2. The molecule has 0 spiro atoms. The van der Waals surface area contributed by atoms with Crippen molar-refractivity contribution in [3.05, 3.63) is 60.3 Å². The van der Waals surface area contributed by atoms with Crippen molar-refractivity contribution in [2.24, 2.45) is 0 Å². The summed E-state index contributed by atoms with van der Waals surface area (Å²) < 4.78 is 12.3. The smallest absolute Gasteiger partial charge is 0.255 e. The minimum absolute atomic E-state index is 0.0861. The van der Waals surface area contributed by atoms with Crippen molar-refractivity contribution in [2.75, 3.05) is 20.8 Å². The zero-order valence-electron chi connectivity index (χ0n) is 17.4. The molecule has 3 aromatic rings. The van der Waals surface area contributed by atoms with Crippen LogP contribution < -0.4 is 20.1 Å². The summed E-state index contributed by atoms with van der Waals surface area (Å²) in [6.07, 6.45) is 3.65. The molecule has 2 amide bonds. The van der Waals surface area contributed by atoms with Crippen molar-refractivity contribution in [1.29, 1.82) is 0 Å². The third kappa shape index (κ3) is 4.69. The first-order valence-corrected chi connectivity index (χ1v) is 10.0. The first-order chi connectivity index (χ1) is 15.1. The molecule has 1 fully saturated rings. The molecule has 0 saturated heterocycles. The third-order valence-electron chi connectivity index (χ3n) is 4.99. The van der Waals surface area contributed by atoms with Crippen LogP contribution in [0.3, 0.4) is 0 Å². The van der Waals surface area contributed by atoms with Gasteiger partial charge in [-0.1, -0.05) is 18.2 Å². The first kappa shape index (κ1) is 20.5. The number of methoxy groups -OCH3 is 2. The number of ether oxygens (including phenoxy) is 2. The topological polar surface area (TPSA) is 94.5 Å². The summed E-state index contributed by atoms with van der Waals surface area (Å²) in [4.78, 5) is 25.0. The Morgan fingerprint density at radius 2 is 1.81 bits per heavy atom. The lowest BCUT2D eigenvalue weighted by Crippen LogP contribution is -2.37. The van der Waals surface area contributed by atoms with Gasteiger partial charge in [0.25, 0.3) is 5.91 Å². The third-order valence-corrected chi connectivity index (χ3v) is 4.99. The summed E-state index contributed by atoms with van der Waals surface area (Å²) in [5, 5.41) is 10.2. The van der Waals surface area contributed by atoms with Gasteiger partial charge in [0.15, 0.2) is 11.5 Å². The summed E-state index contributed by atoms with van der Waals surface area (Å²) in [5.41, 5.74) is 2.34. The van der Waals surface area contributed by atoms with E-state index in [4.69, 9.17) is 9.47 Å². The number of carbonyl (C=O) groups excluding carboxylic acids is 2.